The van der Waals surface area contributed by atoms with Crippen LogP contribution in [0.2, 0.25) is 0 Å². The van der Waals surface area contributed by atoms with Gasteiger partial charge < -0.3 is 4.90 Å². The fraction of sp³-hybridized carbons (Fsp3) is 0.875. The first-order chi connectivity index (χ1) is 5.45. The van der Waals surface area contributed by atoms with Crippen LogP contribution in [0.3, 0.4) is 0 Å². The molecule has 0 spiro atoms. The molecule has 2 nitrogen and oxygen atoms in total. The molecule has 0 bridgehead atoms. The van der Waals surface area contributed by atoms with Gasteiger partial charge in [-0.25, -0.2) is 0 Å². The Labute approximate surface area is 72.1 Å². The number of thioether (sulfide) groups is 1. The van der Waals surface area contributed by atoms with Gasteiger partial charge in [-0.1, -0.05) is 0 Å². The van der Waals surface area contributed by atoms with Gasteiger partial charge in [0.15, 0.2) is 0 Å². The van der Waals surface area contributed by atoms with Crippen LogP contribution in [0.25, 0.3) is 0 Å². The van der Waals surface area contributed by atoms with Crippen molar-refractivity contribution in [2.24, 2.45) is 4.99 Å². The van der Waals surface area contributed by atoms with Crippen LogP contribution in [0.1, 0.15) is 12.8 Å². The molecule has 0 saturated carbocycles. The molecule has 0 aliphatic carbocycles. The molecular formula is C8H14N2S. The van der Waals surface area contributed by atoms with E-state index in [1.54, 1.807) is 0 Å². The summed E-state index contributed by atoms with van der Waals surface area (Å²) in [5.41, 5.74) is 2.00. The van der Waals surface area contributed by atoms with Gasteiger partial charge in [-0.15, -0.1) is 11.8 Å². The monoisotopic (exact) mass is 170 g/mol. The highest BCUT2D eigenvalue weighted by molar-refractivity contribution is 8.12. The lowest BCUT2D eigenvalue weighted by molar-refractivity contribution is 0.324. The average molecular weight is 170 g/mol. The molecule has 1 atom stereocenters. The molecule has 3 heteroatoms. The average Bonchev–Trinajstić information content (AvgIpc) is 2.60. The number of hydrogen-bond acceptors (Lipinski definition) is 3. The fourth-order valence-corrected chi connectivity index (χ4v) is 2.45. The van der Waals surface area contributed by atoms with E-state index in [0.717, 1.165) is 0 Å². The highest BCUT2D eigenvalue weighted by atomic mass is 32.2. The van der Waals surface area contributed by atoms with Crippen molar-refractivity contribution in [3.8, 4) is 0 Å². The number of rotatable bonds is 2. The van der Waals surface area contributed by atoms with E-state index in [2.05, 4.69) is 9.89 Å². The van der Waals surface area contributed by atoms with Gasteiger partial charge in [0, 0.05) is 12.3 Å². The fourth-order valence-electron chi connectivity index (χ4n) is 1.69. The van der Waals surface area contributed by atoms with Gasteiger partial charge in [0.05, 0.1) is 11.6 Å². The van der Waals surface area contributed by atoms with Crippen molar-refractivity contribution in [3.05, 3.63) is 0 Å². The Hall–Kier alpha value is -0.0200. The maximum Gasteiger partial charge on any atom is 0.0726 e. The second-order valence-electron chi connectivity index (χ2n) is 3.25. The van der Waals surface area contributed by atoms with Crippen molar-refractivity contribution < 1.29 is 0 Å². The SMILES string of the molecule is C1=N[C@H](CN2CCCC2)CS1. The van der Waals surface area contributed by atoms with E-state index in [-0.39, 0.29) is 0 Å². The standard InChI is InChI=1S/C8H14N2S/c1-2-4-10(3-1)5-8-6-11-7-9-8/h7-8H,1-6H2/t8-/m1/s1. The van der Waals surface area contributed by atoms with Crippen LogP contribution in [-0.4, -0.2) is 41.9 Å². The largest absolute Gasteiger partial charge is 0.301 e. The Balaban J connectivity index is 1.75. The molecule has 2 heterocycles. The quantitative estimate of drug-likeness (QED) is 0.619. The summed E-state index contributed by atoms with van der Waals surface area (Å²) in [6, 6.07) is 0.595. The lowest BCUT2D eigenvalue weighted by atomic mass is 10.3. The van der Waals surface area contributed by atoms with E-state index in [1.165, 1.54) is 38.2 Å². The molecule has 0 N–H and O–H groups in total. The van der Waals surface area contributed by atoms with E-state index in [0.29, 0.717) is 6.04 Å². The molecular weight excluding hydrogens is 156 g/mol. The smallest absolute Gasteiger partial charge is 0.0726 e. The number of nitrogens with zero attached hydrogens (tertiary/aromatic N) is 2. The molecule has 0 radical (unpaired) electrons. The molecule has 0 aromatic heterocycles. The highest BCUT2D eigenvalue weighted by Gasteiger charge is 2.18. The molecule has 0 aromatic carbocycles. The molecule has 2 aliphatic rings. The minimum atomic E-state index is 0.595. The molecule has 2 rings (SSSR count). The van der Waals surface area contributed by atoms with Crippen LogP contribution in [0.4, 0.5) is 0 Å². The van der Waals surface area contributed by atoms with Crippen molar-refractivity contribution in [1.29, 1.82) is 0 Å². The topological polar surface area (TPSA) is 15.6 Å². The molecule has 0 amide bonds. The van der Waals surface area contributed by atoms with E-state index < -0.39 is 0 Å². The van der Waals surface area contributed by atoms with Gasteiger partial charge in [0.2, 0.25) is 0 Å². The van der Waals surface area contributed by atoms with Crippen LogP contribution in [0.5, 0.6) is 0 Å². The summed E-state index contributed by atoms with van der Waals surface area (Å²) in [6.07, 6.45) is 2.78. The van der Waals surface area contributed by atoms with E-state index in [1.807, 2.05) is 17.3 Å². The molecule has 1 fully saturated rings. The highest BCUT2D eigenvalue weighted by Crippen LogP contribution is 2.15. The Bertz CT molecular complexity index is 152. The van der Waals surface area contributed by atoms with Crippen molar-refractivity contribution >= 4 is 17.3 Å². The van der Waals surface area contributed by atoms with Gasteiger partial charge in [-0.3, -0.25) is 4.99 Å². The summed E-state index contributed by atoms with van der Waals surface area (Å²) in [5, 5.41) is 0. The third-order valence-electron chi connectivity index (χ3n) is 2.30. The summed E-state index contributed by atoms with van der Waals surface area (Å²) in [5.74, 6) is 1.20. The predicted molar refractivity (Wildman–Crippen MR) is 50.4 cm³/mol. The summed E-state index contributed by atoms with van der Waals surface area (Å²) < 4.78 is 0. The Kier molecular flexibility index (Phi) is 2.48. The van der Waals surface area contributed by atoms with Gasteiger partial charge >= 0.3 is 0 Å². The van der Waals surface area contributed by atoms with E-state index in [4.69, 9.17) is 0 Å². The molecule has 1 saturated heterocycles. The predicted octanol–water partition coefficient (Wildman–Crippen LogP) is 1.23. The maximum atomic E-state index is 4.40. The molecule has 11 heavy (non-hydrogen) atoms. The van der Waals surface area contributed by atoms with E-state index in [9.17, 15) is 0 Å². The second-order valence-corrected chi connectivity index (χ2v) is 4.13. The zero-order chi connectivity index (χ0) is 7.52. The van der Waals surface area contributed by atoms with Crippen LogP contribution in [-0.2, 0) is 0 Å². The minimum absolute atomic E-state index is 0.595. The van der Waals surface area contributed by atoms with Gasteiger partial charge in [0.1, 0.15) is 0 Å². The first-order valence-corrected chi connectivity index (χ1v) is 5.35. The lowest BCUT2D eigenvalue weighted by Crippen LogP contribution is -2.29. The first-order valence-electron chi connectivity index (χ1n) is 4.31. The summed E-state index contributed by atoms with van der Waals surface area (Å²) in [7, 11) is 0. The zero-order valence-electron chi connectivity index (χ0n) is 6.70. The summed E-state index contributed by atoms with van der Waals surface area (Å²) in [4.78, 5) is 6.93. The summed E-state index contributed by atoms with van der Waals surface area (Å²) in [6.45, 7) is 3.80. The van der Waals surface area contributed by atoms with Gasteiger partial charge in [-0.2, -0.15) is 0 Å². The van der Waals surface area contributed by atoms with Crippen LogP contribution in [0.15, 0.2) is 4.99 Å². The second kappa shape index (κ2) is 3.59. The van der Waals surface area contributed by atoms with Gasteiger partial charge in [0.25, 0.3) is 0 Å². The zero-order valence-corrected chi connectivity index (χ0v) is 7.52. The Morgan fingerprint density at radius 3 is 2.91 bits per heavy atom. The minimum Gasteiger partial charge on any atom is -0.301 e. The van der Waals surface area contributed by atoms with Gasteiger partial charge in [-0.05, 0) is 25.9 Å². The normalized spacial score (nSPS) is 31.8. The van der Waals surface area contributed by atoms with Crippen molar-refractivity contribution in [2.45, 2.75) is 18.9 Å². The van der Waals surface area contributed by atoms with Crippen LogP contribution < -0.4 is 0 Å². The number of aliphatic imine (C=N–C) groups is 1. The van der Waals surface area contributed by atoms with Crippen molar-refractivity contribution in [3.63, 3.8) is 0 Å². The lowest BCUT2D eigenvalue weighted by Gasteiger charge is -2.16. The molecule has 2 aliphatic heterocycles. The molecule has 0 aromatic rings. The third kappa shape index (κ3) is 1.97. The van der Waals surface area contributed by atoms with Crippen LogP contribution in [0, 0.1) is 0 Å². The van der Waals surface area contributed by atoms with Crippen molar-refractivity contribution in [2.75, 3.05) is 25.4 Å². The number of hydrogen-bond donors (Lipinski definition) is 0. The number of likely N-dealkylation sites (tertiary alicyclic amines) is 1. The molecule has 0 unspecified atom stereocenters. The maximum absolute atomic E-state index is 4.40. The third-order valence-corrected chi connectivity index (χ3v) is 3.15. The van der Waals surface area contributed by atoms with E-state index >= 15 is 0 Å². The molecule has 62 valence electrons. The summed E-state index contributed by atoms with van der Waals surface area (Å²) >= 11 is 1.85. The van der Waals surface area contributed by atoms with Crippen molar-refractivity contribution in [1.82, 2.24) is 4.90 Å². The Morgan fingerprint density at radius 2 is 2.27 bits per heavy atom. The van der Waals surface area contributed by atoms with Crippen LogP contribution >= 0.6 is 11.8 Å². The first kappa shape index (κ1) is 7.62. The Morgan fingerprint density at radius 1 is 1.45 bits per heavy atom.